The first kappa shape index (κ1) is 21.2. The molecule has 1 aromatic carbocycles. The molecule has 0 bridgehead atoms. The molecule has 0 saturated carbocycles. The van der Waals surface area contributed by atoms with Gasteiger partial charge in [0, 0.05) is 24.4 Å². The summed E-state index contributed by atoms with van der Waals surface area (Å²) in [5.74, 6) is -0.292. The number of alkyl halides is 3. The largest absolute Gasteiger partial charge is 0.496 e. The van der Waals surface area contributed by atoms with Crippen LogP contribution < -0.4 is 4.74 Å². The van der Waals surface area contributed by atoms with Gasteiger partial charge in [-0.25, -0.2) is 4.39 Å². The molecule has 2 aromatic rings. The number of hydrogen-bond donors (Lipinski definition) is 1. The molecule has 2 rings (SSSR count). The van der Waals surface area contributed by atoms with Crippen molar-refractivity contribution >= 4 is 0 Å². The first-order valence-corrected chi connectivity index (χ1v) is 8.57. The second-order valence-corrected chi connectivity index (χ2v) is 7.00. The van der Waals surface area contributed by atoms with Gasteiger partial charge in [0.25, 0.3) is 0 Å². The fourth-order valence-electron chi connectivity index (χ4n) is 3.31. The maximum absolute atomic E-state index is 13.9. The minimum Gasteiger partial charge on any atom is -0.496 e. The van der Waals surface area contributed by atoms with Crippen LogP contribution in [0.4, 0.5) is 17.6 Å². The Morgan fingerprint density at radius 1 is 1.19 bits per heavy atom. The Morgan fingerprint density at radius 2 is 1.89 bits per heavy atom. The standard InChI is InChI=1S/C20H23F4NO2/c1-4-18(2,16-10-15(21)7-8-17(16)27-3)13-19(26,20(22,23)24)11-14-6-5-9-25-12-14/h5-10,12,26H,4,11,13H2,1-3H3. The highest BCUT2D eigenvalue weighted by molar-refractivity contribution is 5.40. The summed E-state index contributed by atoms with van der Waals surface area (Å²) >= 11 is 0. The van der Waals surface area contributed by atoms with Crippen LogP contribution in [0.2, 0.25) is 0 Å². The van der Waals surface area contributed by atoms with Crippen LogP contribution in [-0.2, 0) is 11.8 Å². The Morgan fingerprint density at radius 3 is 2.41 bits per heavy atom. The molecule has 7 heteroatoms. The highest BCUT2D eigenvalue weighted by Gasteiger charge is 2.56. The molecule has 0 saturated heterocycles. The Labute approximate surface area is 156 Å². The summed E-state index contributed by atoms with van der Waals surface area (Å²) in [7, 11) is 1.37. The van der Waals surface area contributed by atoms with Crippen LogP contribution in [0.3, 0.4) is 0 Å². The molecular formula is C20H23F4NO2. The number of nitrogens with zero attached hydrogens (tertiary/aromatic N) is 1. The molecule has 148 valence electrons. The van der Waals surface area contributed by atoms with Gasteiger partial charge < -0.3 is 9.84 Å². The van der Waals surface area contributed by atoms with E-state index in [1.165, 1.54) is 49.8 Å². The van der Waals surface area contributed by atoms with E-state index in [2.05, 4.69) is 4.98 Å². The van der Waals surface area contributed by atoms with Crippen LogP contribution in [0.15, 0.2) is 42.7 Å². The summed E-state index contributed by atoms with van der Waals surface area (Å²) in [5, 5.41) is 10.7. The summed E-state index contributed by atoms with van der Waals surface area (Å²) in [6.07, 6.45) is -3.17. The lowest BCUT2D eigenvalue weighted by molar-refractivity contribution is -0.266. The molecule has 0 aliphatic rings. The lowest BCUT2D eigenvalue weighted by Gasteiger charge is -2.40. The van der Waals surface area contributed by atoms with E-state index in [1.807, 2.05) is 0 Å². The van der Waals surface area contributed by atoms with E-state index in [1.54, 1.807) is 13.8 Å². The molecule has 0 fully saturated rings. The van der Waals surface area contributed by atoms with E-state index in [9.17, 15) is 22.7 Å². The summed E-state index contributed by atoms with van der Waals surface area (Å²) in [4.78, 5) is 3.82. The molecule has 1 N–H and O–H groups in total. The number of methoxy groups -OCH3 is 1. The normalized spacial score (nSPS) is 16.4. The van der Waals surface area contributed by atoms with E-state index in [0.29, 0.717) is 5.56 Å². The SMILES string of the molecule is CCC(C)(CC(O)(Cc1cccnc1)C(F)(F)F)c1cc(F)ccc1OC. The monoisotopic (exact) mass is 385 g/mol. The average Bonchev–Trinajstić information content (AvgIpc) is 2.61. The van der Waals surface area contributed by atoms with Gasteiger partial charge in [-0.15, -0.1) is 0 Å². The smallest absolute Gasteiger partial charge is 0.417 e. The van der Waals surface area contributed by atoms with Crippen molar-refractivity contribution in [2.24, 2.45) is 0 Å². The Balaban J connectivity index is 2.49. The second-order valence-electron chi connectivity index (χ2n) is 7.00. The number of aromatic nitrogens is 1. The van der Waals surface area contributed by atoms with Crippen molar-refractivity contribution in [3.63, 3.8) is 0 Å². The lowest BCUT2D eigenvalue weighted by Crippen LogP contribution is -2.51. The minimum absolute atomic E-state index is 0.248. The van der Waals surface area contributed by atoms with Crippen LogP contribution in [0, 0.1) is 5.82 Å². The van der Waals surface area contributed by atoms with Gasteiger partial charge in [0.2, 0.25) is 0 Å². The van der Waals surface area contributed by atoms with Gasteiger partial charge in [0.1, 0.15) is 11.6 Å². The van der Waals surface area contributed by atoms with Gasteiger partial charge in [-0.1, -0.05) is 19.9 Å². The molecule has 1 aromatic heterocycles. The first-order chi connectivity index (χ1) is 12.5. The molecule has 1 heterocycles. The molecule has 0 amide bonds. The number of pyridine rings is 1. The van der Waals surface area contributed by atoms with Gasteiger partial charge in [-0.3, -0.25) is 4.98 Å². The van der Waals surface area contributed by atoms with Crippen LogP contribution in [-0.4, -0.2) is 29.0 Å². The van der Waals surface area contributed by atoms with Crippen LogP contribution in [0.25, 0.3) is 0 Å². The van der Waals surface area contributed by atoms with Crippen LogP contribution in [0.1, 0.15) is 37.8 Å². The van der Waals surface area contributed by atoms with Crippen molar-refractivity contribution in [3.05, 3.63) is 59.7 Å². The maximum Gasteiger partial charge on any atom is 0.417 e. The van der Waals surface area contributed by atoms with Crippen LogP contribution >= 0.6 is 0 Å². The quantitative estimate of drug-likeness (QED) is 0.695. The fourth-order valence-corrected chi connectivity index (χ4v) is 3.31. The first-order valence-electron chi connectivity index (χ1n) is 8.57. The van der Waals surface area contributed by atoms with Crippen molar-refractivity contribution in [3.8, 4) is 5.75 Å². The summed E-state index contributed by atoms with van der Waals surface area (Å²) in [6, 6.07) is 6.73. The molecule has 2 unspecified atom stereocenters. The Hall–Kier alpha value is -2.15. The fraction of sp³-hybridized carbons (Fsp3) is 0.450. The van der Waals surface area contributed by atoms with Gasteiger partial charge in [-0.2, -0.15) is 13.2 Å². The predicted octanol–water partition coefficient (Wildman–Crippen LogP) is 4.82. The highest BCUT2D eigenvalue weighted by atomic mass is 19.4. The number of aliphatic hydroxyl groups is 1. The summed E-state index contributed by atoms with van der Waals surface area (Å²) in [5.41, 5.74) is -3.61. The third-order valence-electron chi connectivity index (χ3n) is 5.02. The molecule has 0 spiro atoms. The zero-order valence-electron chi connectivity index (χ0n) is 15.5. The van der Waals surface area contributed by atoms with Gasteiger partial charge in [0.15, 0.2) is 5.60 Å². The van der Waals surface area contributed by atoms with Crippen molar-refractivity contribution in [1.82, 2.24) is 4.98 Å². The molecule has 2 atom stereocenters. The number of halogens is 4. The Kier molecular flexibility index (Phi) is 6.14. The van der Waals surface area contributed by atoms with Gasteiger partial charge >= 0.3 is 6.18 Å². The molecule has 0 aliphatic heterocycles. The zero-order valence-corrected chi connectivity index (χ0v) is 15.5. The zero-order chi connectivity index (χ0) is 20.3. The van der Waals surface area contributed by atoms with E-state index < -0.39 is 35.9 Å². The molecule has 3 nitrogen and oxygen atoms in total. The van der Waals surface area contributed by atoms with Gasteiger partial charge in [0.05, 0.1) is 7.11 Å². The van der Waals surface area contributed by atoms with E-state index >= 15 is 0 Å². The topological polar surface area (TPSA) is 42.4 Å². The third kappa shape index (κ3) is 4.58. The lowest BCUT2D eigenvalue weighted by atomic mass is 9.70. The summed E-state index contributed by atoms with van der Waals surface area (Å²) in [6.45, 7) is 3.27. The molecule has 27 heavy (non-hydrogen) atoms. The summed E-state index contributed by atoms with van der Waals surface area (Å²) < 4.78 is 60.6. The number of benzene rings is 1. The highest BCUT2D eigenvalue weighted by Crippen LogP contribution is 2.46. The van der Waals surface area contributed by atoms with Gasteiger partial charge in [-0.05, 0) is 48.1 Å². The molecular weight excluding hydrogens is 362 g/mol. The Bertz CT molecular complexity index is 766. The third-order valence-corrected chi connectivity index (χ3v) is 5.02. The van der Waals surface area contributed by atoms with Crippen molar-refractivity contribution in [1.29, 1.82) is 0 Å². The number of rotatable bonds is 7. The second kappa shape index (κ2) is 7.84. The number of ether oxygens (including phenoxy) is 1. The maximum atomic E-state index is 13.9. The van der Waals surface area contributed by atoms with Crippen LogP contribution in [0.5, 0.6) is 5.75 Å². The molecule has 0 radical (unpaired) electrons. The van der Waals surface area contributed by atoms with E-state index in [4.69, 9.17) is 4.74 Å². The molecule has 0 aliphatic carbocycles. The minimum atomic E-state index is -4.88. The van der Waals surface area contributed by atoms with Crippen molar-refractivity contribution in [2.75, 3.05) is 7.11 Å². The van der Waals surface area contributed by atoms with Crippen molar-refractivity contribution in [2.45, 2.75) is 50.3 Å². The number of hydrogen-bond acceptors (Lipinski definition) is 3. The average molecular weight is 385 g/mol. The van der Waals surface area contributed by atoms with E-state index in [0.717, 1.165) is 0 Å². The predicted molar refractivity (Wildman–Crippen MR) is 94.2 cm³/mol. The van der Waals surface area contributed by atoms with E-state index in [-0.39, 0.29) is 17.7 Å². The van der Waals surface area contributed by atoms with Crippen molar-refractivity contribution < 1.29 is 27.4 Å².